The summed E-state index contributed by atoms with van der Waals surface area (Å²) in [5, 5.41) is 0. The Morgan fingerprint density at radius 3 is 1.11 bits per heavy atom. The minimum absolute atomic E-state index is 0. The van der Waals surface area contributed by atoms with Gasteiger partial charge in [-0.25, -0.2) is 0 Å². The van der Waals surface area contributed by atoms with Gasteiger partial charge in [0.05, 0.1) is 0 Å². The molecule has 0 aliphatic carbocycles. The first-order valence-corrected chi connectivity index (χ1v) is 2.10. The van der Waals surface area contributed by atoms with Crippen LogP contribution >= 0.6 is 0 Å². The number of hydrogen-bond donors (Lipinski definition) is 2. The Hall–Kier alpha value is 1.89. The molecule has 0 rings (SSSR count). The molecule has 0 unspecified atom stereocenters. The second-order valence-electron chi connectivity index (χ2n) is 0.448. The molecule has 6 N–H and O–H groups in total. The summed E-state index contributed by atoms with van der Waals surface area (Å²) in [5.74, 6) is 0. The molecule has 0 aliphatic heterocycles. The summed E-state index contributed by atoms with van der Waals surface area (Å²) in [6.45, 7) is 0. The van der Waals surface area contributed by atoms with E-state index in [0.717, 1.165) is 0 Å². The van der Waals surface area contributed by atoms with Crippen molar-refractivity contribution in [2.45, 2.75) is 0 Å². The van der Waals surface area contributed by atoms with Crippen molar-refractivity contribution in [1.82, 2.24) is 0 Å². The zero-order valence-electron chi connectivity index (χ0n) is 5.83. The molecule has 9 heteroatoms. The number of rotatable bonds is 0. The van der Waals surface area contributed by atoms with Crippen LogP contribution in [-0.2, 0) is 10.4 Å². The van der Waals surface area contributed by atoms with Crippen molar-refractivity contribution in [3.05, 3.63) is 0 Å². The van der Waals surface area contributed by atoms with Crippen LogP contribution in [-0.4, -0.2) is 94.7 Å². The standard InChI is InChI=1S/Al.Ba.H2O4S.2H2O.5H/c;;1-5(2,3)4;;;;;;;/h;;(H2,1,2,3,4);2*1H2;;;;;/q;+2;;;;;;;2*-1. The Bertz CT molecular complexity index is 104. The first-order valence-electron chi connectivity index (χ1n) is 0.698. The van der Waals surface area contributed by atoms with Gasteiger partial charge in [-0.1, -0.05) is 0 Å². The average molecular weight is 303 g/mol. The minimum Gasteiger partial charge on any atom is -1.00 e. The Morgan fingerprint density at radius 1 is 1.11 bits per heavy atom. The van der Waals surface area contributed by atoms with Gasteiger partial charge in [-0.05, 0) is 0 Å². The van der Waals surface area contributed by atoms with Gasteiger partial charge >= 0.3 is 59.3 Å². The van der Waals surface area contributed by atoms with E-state index in [-0.39, 0.29) is 80.0 Å². The summed E-state index contributed by atoms with van der Waals surface area (Å²) < 4.78 is 31.6. The van der Waals surface area contributed by atoms with Crippen molar-refractivity contribution in [2.75, 3.05) is 0 Å². The van der Waals surface area contributed by atoms with E-state index < -0.39 is 10.4 Å². The Kier molecular flexibility index (Phi) is 42.8. The van der Waals surface area contributed by atoms with Gasteiger partial charge in [0, 0.05) is 0 Å². The van der Waals surface area contributed by atoms with Gasteiger partial charge in [-0.2, -0.15) is 8.42 Å². The fraction of sp³-hybridized carbons (Fsp3) is 0. The van der Waals surface area contributed by atoms with Crippen LogP contribution in [0.3, 0.4) is 0 Å². The Morgan fingerprint density at radius 2 is 1.11 bits per heavy atom. The zero-order valence-corrected chi connectivity index (χ0v) is 9.08. The van der Waals surface area contributed by atoms with E-state index >= 15 is 0 Å². The summed E-state index contributed by atoms with van der Waals surface area (Å²) >= 11 is 0. The molecule has 9 heavy (non-hydrogen) atoms. The quantitative estimate of drug-likeness (QED) is 0.352. The van der Waals surface area contributed by atoms with E-state index in [4.69, 9.17) is 17.5 Å². The minimum atomic E-state index is -4.67. The van der Waals surface area contributed by atoms with Crippen LogP contribution in [0.15, 0.2) is 0 Å². The molecular weight excluding hydrogens is 292 g/mol. The maximum Gasteiger partial charge on any atom is 2.00 e. The van der Waals surface area contributed by atoms with Crippen LogP contribution in [0, 0.1) is 0 Å². The monoisotopic (exact) mass is 304 g/mol. The molecule has 0 saturated heterocycles. The maximum absolute atomic E-state index is 8.74. The topological polar surface area (TPSA) is 138 Å². The molecule has 0 aromatic carbocycles. The SMILES string of the molecule is O.O.O=S(=O)(O)O.[AlH3].[Ba+2].[H-].[H-]. The summed E-state index contributed by atoms with van der Waals surface area (Å²) in [6, 6.07) is 0. The summed E-state index contributed by atoms with van der Waals surface area (Å²) in [4.78, 5) is 0. The van der Waals surface area contributed by atoms with Crippen LogP contribution < -0.4 is 0 Å². The van der Waals surface area contributed by atoms with Crippen molar-refractivity contribution in [1.29, 1.82) is 0 Å². The van der Waals surface area contributed by atoms with Crippen molar-refractivity contribution in [3.63, 3.8) is 0 Å². The molecular formula is H11AlBaO6S. The first-order chi connectivity index (χ1) is 2.00. The zero-order chi connectivity index (χ0) is 4.50. The van der Waals surface area contributed by atoms with Gasteiger partial charge in [0.1, 0.15) is 0 Å². The predicted octanol–water partition coefficient (Wildman–Crippen LogP) is -3.64. The molecule has 0 fully saturated rings. The predicted molar refractivity (Wildman–Crippen MR) is 39.3 cm³/mol. The Balaban J connectivity index is -0.00000000533. The van der Waals surface area contributed by atoms with Gasteiger partial charge in [-0.3, -0.25) is 9.11 Å². The molecule has 0 spiro atoms. The van der Waals surface area contributed by atoms with Gasteiger partial charge in [0.2, 0.25) is 0 Å². The third-order valence-electron chi connectivity index (χ3n) is 0. The van der Waals surface area contributed by atoms with E-state index in [9.17, 15) is 0 Å². The summed E-state index contributed by atoms with van der Waals surface area (Å²) in [7, 11) is -4.67. The second-order valence-corrected chi connectivity index (χ2v) is 1.34. The second kappa shape index (κ2) is 12.6. The molecule has 0 atom stereocenters. The van der Waals surface area contributed by atoms with Crippen LogP contribution in [0.25, 0.3) is 0 Å². The van der Waals surface area contributed by atoms with Crippen LogP contribution in [0.1, 0.15) is 2.85 Å². The molecule has 0 aromatic heterocycles. The van der Waals surface area contributed by atoms with Gasteiger partial charge in [-0.15, -0.1) is 0 Å². The smallest absolute Gasteiger partial charge is 1.00 e. The fourth-order valence-corrected chi connectivity index (χ4v) is 0. The van der Waals surface area contributed by atoms with Crippen LogP contribution in [0.2, 0.25) is 0 Å². The summed E-state index contributed by atoms with van der Waals surface area (Å²) in [5.41, 5.74) is 0. The van der Waals surface area contributed by atoms with Crippen LogP contribution in [0.4, 0.5) is 0 Å². The maximum atomic E-state index is 8.74. The van der Waals surface area contributed by atoms with Gasteiger partial charge in [0.25, 0.3) is 0 Å². The van der Waals surface area contributed by atoms with E-state index in [2.05, 4.69) is 0 Å². The molecule has 0 bridgehead atoms. The fourth-order valence-electron chi connectivity index (χ4n) is 0. The molecule has 0 aliphatic rings. The van der Waals surface area contributed by atoms with Crippen molar-refractivity contribution < 1.29 is 31.3 Å². The molecule has 6 nitrogen and oxygen atoms in total. The summed E-state index contributed by atoms with van der Waals surface area (Å²) in [6.07, 6.45) is 0. The van der Waals surface area contributed by atoms with E-state index in [1.165, 1.54) is 0 Å². The normalized spacial score (nSPS) is 6.44. The average Bonchev–Trinajstić information content (AvgIpc) is 0.722. The van der Waals surface area contributed by atoms with Gasteiger partial charge < -0.3 is 13.8 Å². The molecule has 58 valence electrons. The van der Waals surface area contributed by atoms with Crippen molar-refractivity contribution in [2.24, 2.45) is 0 Å². The van der Waals surface area contributed by atoms with Crippen molar-refractivity contribution >= 4 is 76.6 Å². The Labute approximate surface area is 106 Å². The molecule has 0 heterocycles. The third kappa shape index (κ3) is 172. The van der Waals surface area contributed by atoms with E-state index in [1.54, 1.807) is 0 Å². The van der Waals surface area contributed by atoms with Crippen molar-refractivity contribution in [3.8, 4) is 0 Å². The molecule has 0 amide bonds. The third-order valence-corrected chi connectivity index (χ3v) is 0. The molecule has 0 radical (unpaired) electrons. The largest absolute Gasteiger partial charge is 2.00 e. The molecule has 0 aromatic rings. The first kappa shape index (κ1) is 30.7. The van der Waals surface area contributed by atoms with E-state index in [1.807, 2.05) is 0 Å². The molecule has 0 saturated carbocycles. The van der Waals surface area contributed by atoms with Gasteiger partial charge in [0.15, 0.2) is 17.4 Å². The number of hydrogen-bond acceptors (Lipinski definition) is 2. The van der Waals surface area contributed by atoms with E-state index in [0.29, 0.717) is 0 Å². The van der Waals surface area contributed by atoms with Crippen LogP contribution in [0.5, 0.6) is 0 Å².